The number of anilines is 1. The minimum atomic E-state index is -0.817. The molecule has 6 rings (SSSR count). The number of rotatable bonds is 7. The van der Waals surface area contributed by atoms with Gasteiger partial charge in [0.15, 0.2) is 5.13 Å². The van der Waals surface area contributed by atoms with Gasteiger partial charge in [0.2, 0.25) is 11.8 Å². The number of hydrazine groups is 1. The topological polar surface area (TPSA) is 135 Å². The summed E-state index contributed by atoms with van der Waals surface area (Å²) >= 11 is 13.5. The highest BCUT2D eigenvalue weighted by Crippen LogP contribution is 2.32. The summed E-state index contributed by atoms with van der Waals surface area (Å²) in [6, 6.07) is 16.2. The standard InChI is InChI=1S/C30H29Cl2N7O4S/c1-36(30(43)34-13-18-7-10-21(31)22(32)11-18)38-16-26(41)39-23(12-17-5-8-20(40)9-6-17)28(42)37(15-25(38)39)14-19-3-2-4-24-27(19)35-29(33)44-24/h2-11,23,25,40H,12-16H2,1H3,(H2,33,35)(H,34,43)/t23-,25+/m0/s1. The number of carbonyl (C=O) groups is 3. The number of amides is 4. The van der Waals surface area contributed by atoms with E-state index < -0.39 is 18.2 Å². The van der Waals surface area contributed by atoms with Crippen molar-refractivity contribution in [3.8, 4) is 5.75 Å². The van der Waals surface area contributed by atoms with Crippen molar-refractivity contribution in [2.75, 3.05) is 25.9 Å². The number of phenols is 1. The Kier molecular flexibility index (Phi) is 8.25. The van der Waals surface area contributed by atoms with Crippen LogP contribution in [0.4, 0.5) is 9.93 Å². The van der Waals surface area contributed by atoms with Crippen molar-refractivity contribution in [2.24, 2.45) is 0 Å². The van der Waals surface area contributed by atoms with Crippen molar-refractivity contribution in [3.63, 3.8) is 0 Å². The maximum Gasteiger partial charge on any atom is 0.332 e. The second-order valence-corrected chi connectivity index (χ2v) is 12.6. The summed E-state index contributed by atoms with van der Waals surface area (Å²) in [7, 11) is 1.59. The Bertz CT molecular complexity index is 1750. The lowest BCUT2D eigenvalue weighted by molar-refractivity contribution is -0.157. The number of para-hydroxylation sites is 1. The Morgan fingerprint density at radius 3 is 2.61 bits per heavy atom. The molecule has 44 heavy (non-hydrogen) atoms. The molecule has 0 radical (unpaired) electrons. The van der Waals surface area contributed by atoms with Gasteiger partial charge in [0.1, 0.15) is 18.0 Å². The van der Waals surface area contributed by atoms with Crippen LogP contribution in [-0.2, 0) is 29.1 Å². The number of halogens is 2. The fourth-order valence-electron chi connectivity index (χ4n) is 5.72. The van der Waals surface area contributed by atoms with Crippen molar-refractivity contribution < 1.29 is 19.5 Å². The normalized spacial score (nSPS) is 18.6. The monoisotopic (exact) mass is 653 g/mol. The fraction of sp³-hybridized carbons (Fsp3) is 0.267. The highest BCUT2D eigenvalue weighted by atomic mass is 35.5. The zero-order valence-electron chi connectivity index (χ0n) is 23.6. The molecule has 1 aromatic heterocycles. The van der Waals surface area contributed by atoms with Gasteiger partial charge in [-0.3, -0.25) is 14.6 Å². The molecule has 228 valence electrons. The zero-order chi connectivity index (χ0) is 31.1. The fourth-order valence-corrected chi connectivity index (χ4v) is 6.82. The molecule has 14 heteroatoms. The van der Waals surface area contributed by atoms with E-state index in [1.807, 2.05) is 18.2 Å². The van der Waals surface area contributed by atoms with Gasteiger partial charge in [-0.15, -0.1) is 0 Å². The molecule has 0 spiro atoms. The van der Waals surface area contributed by atoms with Crippen LogP contribution >= 0.6 is 34.5 Å². The van der Waals surface area contributed by atoms with E-state index in [0.717, 1.165) is 26.9 Å². The van der Waals surface area contributed by atoms with Crippen LogP contribution in [0.5, 0.6) is 5.75 Å². The number of hydrogen-bond donors (Lipinski definition) is 3. The molecule has 2 saturated heterocycles. The molecule has 2 aliphatic rings. The number of nitrogen functional groups attached to an aromatic ring is 1. The van der Waals surface area contributed by atoms with Crippen LogP contribution in [0.15, 0.2) is 60.7 Å². The van der Waals surface area contributed by atoms with Crippen LogP contribution in [0.25, 0.3) is 10.2 Å². The number of urea groups is 1. The maximum absolute atomic E-state index is 14.1. The second kappa shape index (κ2) is 12.1. The molecule has 11 nitrogen and oxygen atoms in total. The van der Waals surface area contributed by atoms with E-state index in [4.69, 9.17) is 28.9 Å². The lowest BCUT2D eigenvalue weighted by Crippen LogP contribution is -2.65. The summed E-state index contributed by atoms with van der Waals surface area (Å²) < 4.78 is 0.919. The van der Waals surface area contributed by atoms with Gasteiger partial charge in [0.25, 0.3) is 0 Å². The predicted octanol–water partition coefficient (Wildman–Crippen LogP) is 4.07. The summed E-state index contributed by atoms with van der Waals surface area (Å²) in [5.74, 6) is -0.363. The van der Waals surface area contributed by atoms with Gasteiger partial charge >= 0.3 is 6.03 Å². The average Bonchev–Trinajstić information content (AvgIpc) is 3.55. The molecule has 0 unspecified atom stereocenters. The molecule has 2 aliphatic heterocycles. The van der Waals surface area contributed by atoms with Crippen LogP contribution < -0.4 is 11.1 Å². The molecule has 2 atom stereocenters. The first kappa shape index (κ1) is 29.9. The number of benzene rings is 3. The van der Waals surface area contributed by atoms with E-state index in [2.05, 4.69) is 10.3 Å². The number of aromatic nitrogens is 1. The minimum absolute atomic E-state index is 0.0766. The molecule has 4 N–H and O–H groups in total. The molecule has 0 saturated carbocycles. The summed E-state index contributed by atoms with van der Waals surface area (Å²) in [6.07, 6.45) is -0.352. The molecule has 4 amide bonds. The SMILES string of the molecule is CN(C(=O)NCc1ccc(Cl)c(Cl)c1)N1CC(=O)N2[C@@H](Cc3ccc(O)cc3)C(=O)N(Cc3cccc4sc(N)nc34)C[C@@H]21. The van der Waals surface area contributed by atoms with E-state index in [1.54, 1.807) is 64.3 Å². The van der Waals surface area contributed by atoms with Gasteiger partial charge in [-0.1, -0.05) is 64.9 Å². The smallest absolute Gasteiger partial charge is 0.332 e. The lowest BCUT2D eigenvalue weighted by atomic mass is 9.99. The van der Waals surface area contributed by atoms with Crippen LogP contribution in [0.1, 0.15) is 16.7 Å². The maximum atomic E-state index is 14.1. The Morgan fingerprint density at radius 1 is 1.11 bits per heavy atom. The van der Waals surface area contributed by atoms with Crippen molar-refractivity contribution in [2.45, 2.75) is 31.7 Å². The largest absolute Gasteiger partial charge is 0.508 e. The number of thiazole rings is 1. The van der Waals surface area contributed by atoms with Gasteiger partial charge in [-0.2, -0.15) is 5.01 Å². The predicted molar refractivity (Wildman–Crippen MR) is 169 cm³/mol. The molecule has 3 aromatic carbocycles. The summed E-state index contributed by atoms with van der Waals surface area (Å²) in [6.45, 7) is 0.556. The van der Waals surface area contributed by atoms with Crippen LogP contribution in [0.2, 0.25) is 10.0 Å². The zero-order valence-corrected chi connectivity index (χ0v) is 25.9. The molecule has 4 aromatic rings. The van der Waals surface area contributed by atoms with Crippen molar-refractivity contribution in [3.05, 3.63) is 87.4 Å². The number of nitrogens with one attached hydrogen (secondary N) is 1. The first-order chi connectivity index (χ1) is 21.1. The summed E-state index contributed by atoms with van der Waals surface area (Å²) in [5.41, 5.74) is 9.11. The molecule has 0 bridgehead atoms. The first-order valence-electron chi connectivity index (χ1n) is 13.8. The van der Waals surface area contributed by atoms with E-state index >= 15 is 0 Å². The van der Waals surface area contributed by atoms with E-state index in [1.165, 1.54) is 16.3 Å². The average molecular weight is 655 g/mol. The third-order valence-corrected chi connectivity index (χ3v) is 9.51. The van der Waals surface area contributed by atoms with Crippen molar-refractivity contribution in [1.82, 2.24) is 30.1 Å². The second-order valence-electron chi connectivity index (χ2n) is 10.7. The number of nitrogens with two attached hydrogens (primary N) is 1. The third-order valence-electron chi connectivity index (χ3n) is 7.92. The van der Waals surface area contributed by atoms with E-state index in [0.29, 0.717) is 15.2 Å². The number of carbonyl (C=O) groups excluding carboxylic acids is 3. The number of aromatic hydroxyl groups is 1. The number of nitrogens with zero attached hydrogens (tertiary/aromatic N) is 5. The van der Waals surface area contributed by atoms with Crippen LogP contribution in [0, 0.1) is 0 Å². The number of fused-ring (bicyclic) bond motifs is 2. The Morgan fingerprint density at radius 2 is 1.86 bits per heavy atom. The summed E-state index contributed by atoms with van der Waals surface area (Å²) in [4.78, 5) is 48.6. The number of hydrogen-bond acceptors (Lipinski definition) is 8. The van der Waals surface area contributed by atoms with E-state index in [9.17, 15) is 19.5 Å². The third kappa shape index (κ3) is 5.85. The first-order valence-corrected chi connectivity index (χ1v) is 15.4. The number of phenolic OH excluding ortho intramolecular Hbond substituents is 1. The Balaban J connectivity index is 1.27. The highest BCUT2D eigenvalue weighted by Gasteiger charge is 2.51. The molecule has 0 aliphatic carbocycles. The summed E-state index contributed by atoms with van der Waals surface area (Å²) in [5, 5.41) is 16.9. The highest BCUT2D eigenvalue weighted by molar-refractivity contribution is 7.22. The van der Waals surface area contributed by atoms with Crippen LogP contribution in [0.3, 0.4) is 0 Å². The minimum Gasteiger partial charge on any atom is -0.508 e. The Labute approximate surface area is 267 Å². The van der Waals surface area contributed by atoms with E-state index in [-0.39, 0.29) is 50.2 Å². The Hall–Kier alpha value is -4.10. The lowest BCUT2D eigenvalue weighted by Gasteiger charge is -2.45. The quantitative estimate of drug-likeness (QED) is 0.274. The molecule has 3 heterocycles. The molecular formula is C30H29Cl2N7O4S. The van der Waals surface area contributed by atoms with Gasteiger partial charge in [0.05, 0.1) is 33.4 Å². The van der Waals surface area contributed by atoms with Gasteiger partial charge in [-0.05, 0) is 47.0 Å². The van der Waals surface area contributed by atoms with Gasteiger partial charge < -0.3 is 26.0 Å². The van der Waals surface area contributed by atoms with Crippen molar-refractivity contribution in [1.29, 1.82) is 0 Å². The van der Waals surface area contributed by atoms with Gasteiger partial charge in [0, 0.05) is 26.6 Å². The van der Waals surface area contributed by atoms with Crippen molar-refractivity contribution >= 4 is 67.7 Å². The molecule has 2 fully saturated rings. The molecular weight excluding hydrogens is 625 g/mol. The number of piperazine rings is 1. The van der Waals surface area contributed by atoms with Gasteiger partial charge in [-0.25, -0.2) is 9.78 Å². The van der Waals surface area contributed by atoms with Crippen LogP contribution in [-0.4, -0.2) is 80.1 Å².